The van der Waals surface area contributed by atoms with Gasteiger partial charge in [-0.3, -0.25) is 4.79 Å². The first kappa shape index (κ1) is 16.7. The zero-order chi connectivity index (χ0) is 17.9. The van der Waals surface area contributed by atoms with Crippen molar-refractivity contribution in [2.75, 3.05) is 0 Å². The number of carbonyl (C=O) groups is 1. The number of aromatic nitrogens is 2. The van der Waals surface area contributed by atoms with Crippen LogP contribution in [0.1, 0.15) is 48.2 Å². The largest absolute Gasteiger partial charge is 0.370 e. The molecule has 1 aliphatic rings. The van der Waals surface area contributed by atoms with Crippen molar-refractivity contribution in [2.24, 2.45) is 0 Å². The van der Waals surface area contributed by atoms with Gasteiger partial charge in [0.25, 0.3) is 5.91 Å². The summed E-state index contributed by atoms with van der Waals surface area (Å²) in [6.45, 7) is 2.11. The van der Waals surface area contributed by atoms with Gasteiger partial charge in [0, 0.05) is 11.6 Å². The molecule has 134 valence electrons. The Morgan fingerprint density at radius 1 is 1.12 bits per heavy atom. The molecule has 6 heteroatoms. The molecule has 2 aromatic carbocycles. The van der Waals surface area contributed by atoms with Gasteiger partial charge in [0.2, 0.25) is 0 Å². The van der Waals surface area contributed by atoms with E-state index < -0.39 is 0 Å². The van der Waals surface area contributed by atoms with Crippen molar-refractivity contribution in [2.45, 2.75) is 44.4 Å². The number of hydrogen-bond acceptors (Lipinski definition) is 5. The van der Waals surface area contributed by atoms with Gasteiger partial charge in [-0.15, -0.1) is 0 Å². The van der Waals surface area contributed by atoms with Gasteiger partial charge in [0.15, 0.2) is 0 Å². The van der Waals surface area contributed by atoms with Crippen LogP contribution in [0.3, 0.4) is 0 Å². The van der Waals surface area contributed by atoms with Crippen molar-refractivity contribution in [3.05, 3.63) is 59.7 Å². The second-order valence-corrected chi connectivity index (χ2v) is 6.68. The lowest BCUT2D eigenvalue weighted by Crippen LogP contribution is -2.42. The van der Waals surface area contributed by atoms with E-state index in [-0.39, 0.29) is 24.2 Å². The molecular weight excluding hydrogens is 330 g/mol. The van der Waals surface area contributed by atoms with E-state index in [2.05, 4.69) is 22.6 Å². The van der Waals surface area contributed by atoms with Crippen LogP contribution in [0.5, 0.6) is 0 Å². The molecule has 6 nitrogen and oxygen atoms in total. The fraction of sp³-hybridized carbons (Fsp3) is 0.350. The fourth-order valence-electron chi connectivity index (χ4n) is 3.47. The number of hydrogen-bond donors (Lipinski definition) is 1. The van der Waals surface area contributed by atoms with E-state index in [0.717, 1.165) is 35.9 Å². The molecule has 26 heavy (non-hydrogen) atoms. The zero-order valence-corrected chi connectivity index (χ0v) is 14.6. The summed E-state index contributed by atoms with van der Waals surface area (Å²) in [4.78, 5) is 12.5. The summed E-state index contributed by atoms with van der Waals surface area (Å²) in [6.07, 6.45) is 2.48. The van der Waals surface area contributed by atoms with E-state index in [9.17, 15) is 4.79 Å². The maximum atomic E-state index is 12.5. The fourth-order valence-corrected chi connectivity index (χ4v) is 3.47. The van der Waals surface area contributed by atoms with Crippen LogP contribution in [0.4, 0.5) is 0 Å². The van der Waals surface area contributed by atoms with Crippen LogP contribution in [0, 0.1) is 0 Å². The van der Waals surface area contributed by atoms with E-state index in [1.807, 2.05) is 48.5 Å². The lowest BCUT2D eigenvalue weighted by atomic mass is 9.92. The Labute approximate surface area is 151 Å². The highest BCUT2D eigenvalue weighted by molar-refractivity contribution is 5.94. The summed E-state index contributed by atoms with van der Waals surface area (Å²) in [5.41, 5.74) is 3.16. The molecule has 2 heterocycles. The summed E-state index contributed by atoms with van der Waals surface area (Å²) in [7, 11) is 0. The van der Waals surface area contributed by atoms with Crippen LogP contribution in [0.25, 0.3) is 11.0 Å². The molecule has 1 amide bonds. The minimum absolute atomic E-state index is 0.0396. The molecule has 0 radical (unpaired) electrons. The minimum Gasteiger partial charge on any atom is -0.370 e. The van der Waals surface area contributed by atoms with Gasteiger partial charge in [-0.1, -0.05) is 31.2 Å². The predicted octanol–water partition coefficient (Wildman–Crippen LogP) is 3.65. The van der Waals surface area contributed by atoms with Gasteiger partial charge in [-0.2, -0.15) is 0 Å². The highest BCUT2D eigenvalue weighted by atomic mass is 16.6. The molecule has 4 rings (SSSR count). The average molecular weight is 351 g/mol. The van der Waals surface area contributed by atoms with Crippen LogP contribution in [0.15, 0.2) is 53.2 Å². The first-order valence-electron chi connectivity index (χ1n) is 8.96. The Kier molecular flexibility index (Phi) is 4.67. The molecule has 1 fully saturated rings. The molecular formula is C20H21N3O3. The number of ether oxygens (including phenoxy) is 1. The van der Waals surface area contributed by atoms with Crippen molar-refractivity contribution in [3.8, 4) is 0 Å². The molecule has 0 saturated carbocycles. The molecule has 3 atom stereocenters. The van der Waals surface area contributed by atoms with Crippen LogP contribution >= 0.6 is 0 Å². The van der Waals surface area contributed by atoms with Crippen LogP contribution in [-0.2, 0) is 4.74 Å². The third kappa shape index (κ3) is 3.46. The Balaban J connectivity index is 1.52. The summed E-state index contributed by atoms with van der Waals surface area (Å²) in [5, 5.41) is 10.9. The first-order valence-corrected chi connectivity index (χ1v) is 8.96. The Morgan fingerprint density at radius 2 is 1.92 bits per heavy atom. The molecule has 1 N–H and O–H groups in total. The Bertz CT molecular complexity index is 893. The lowest BCUT2D eigenvalue weighted by Gasteiger charge is -2.35. The highest BCUT2D eigenvalue weighted by Crippen LogP contribution is 2.33. The summed E-state index contributed by atoms with van der Waals surface area (Å²) < 4.78 is 11.0. The topological polar surface area (TPSA) is 77.3 Å². The third-order valence-corrected chi connectivity index (χ3v) is 4.88. The first-order chi connectivity index (χ1) is 12.7. The number of nitrogens with one attached hydrogen (secondary N) is 1. The second-order valence-electron chi connectivity index (χ2n) is 6.68. The molecule has 0 unspecified atom stereocenters. The summed E-state index contributed by atoms with van der Waals surface area (Å²) in [6, 6.07) is 15.2. The highest BCUT2D eigenvalue weighted by Gasteiger charge is 2.31. The van der Waals surface area contributed by atoms with Gasteiger partial charge in [0.05, 0.1) is 12.2 Å². The van der Waals surface area contributed by atoms with Crippen molar-refractivity contribution in [1.82, 2.24) is 15.6 Å². The van der Waals surface area contributed by atoms with E-state index in [1.54, 1.807) is 0 Å². The van der Waals surface area contributed by atoms with E-state index >= 15 is 0 Å². The SMILES string of the molecule is CC[C@@H]1C[C@H](NC(=O)c2ccccc2)C[C@H](c2ccc3nonc3c2)O1. The van der Waals surface area contributed by atoms with Crippen LogP contribution in [0.2, 0.25) is 0 Å². The quantitative estimate of drug-likeness (QED) is 0.776. The third-order valence-electron chi connectivity index (χ3n) is 4.88. The average Bonchev–Trinajstić information content (AvgIpc) is 3.16. The summed E-state index contributed by atoms with van der Waals surface area (Å²) >= 11 is 0. The Morgan fingerprint density at radius 3 is 2.73 bits per heavy atom. The number of carbonyl (C=O) groups excluding carboxylic acids is 1. The number of rotatable bonds is 4. The maximum absolute atomic E-state index is 12.5. The minimum atomic E-state index is -0.0872. The van der Waals surface area contributed by atoms with E-state index in [0.29, 0.717) is 5.56 Å². The maximum Gasteiger partial charge on any atom is 0.251 e. The van der Waals surface area contributed by atoms with Gasteiger partial charge < -0.3 is 10.1 Å². The number of amides is 1. The lowest BCUT2D eigenvalue weighted by molar-refractivity contribution is -0.0632. The van der Waals surface area contributed by atoms with E-state index in [1.165, 1.54) is 0 Å². The normalized spacial score (nSPS) is 23.0. The molecule has 0 aliphatic carbocycles. The van der Waals surface area contributed by atoms with Crippen molar-refractivity contribution < 1.29 is 14.2 Å². The predicted molar refractivity (Wildman–Crippen MR) is 96.6 cm³/mol. The molecule has 1 saturated heterocycles. The smallest absolute Gasteiger partial charge is 0.251 e. The monoisotopic (exact) mass is 351 g/mol. The number of fused-ring (bicyclic) bond motifs is 1. The number of nitrogens with zero attached hydrogens (tertiary/aromatic N) is 2. The van der Waals surface area contributed by atoms with Gasteiger partial charge >= 0.3 is 0 Å². The summed E-state index contributed by atoms with van der Waals surface area (Å²) in [5.74, 6) is -0.0396. The molecule has 3 aromatic rings. The van der Waals surface area contributed by atoms with Crippen LogP contribution in [-0.4, -0.2) is 28.4 Å². The molecule has 0 spiro atoms. The van der Waals surface area contributed by atoms with Gasteiger partial charge in [-0.05, 0) is 59.4 Å². The molecule has 1 aliphatic heterocycles. The standard InChI is InChI=1S/C20H21N3O3/c1-2-16-11-15(21-20(24)13-6-4-3-5-7-13)12-19(25-16)14-8-9-17-18(10-14)23-26-22-17/h3-10,15-16,19H,2,11-12H2,1H3,(H,21,24)/t15-,16+,19+/m0/s1. The van der Waals surface area contributed by atoms with Crippen molar-refractivity contribution >= 4 is 16.9 Å². The van der Waals surface area contributed by atoms with Crippen molar-refractivity contribution in [3.63, 3.8) is 0 Å². The van der Waals surface area contributed by atoms with Gasteiger partial charge in [0.1, 0.15) is 11.0 Å². The van der Waals surface area contributed by atoms with Gasteiger partial charge in [-0.25, -0.2) is 4.63 Å². The van der Waals surface area contributed by atoms with Crippen LogP contribution < -0.4 is 5.32 Å². The zero-order valence-electron chi connectivity index (χ0n) is 14.6. The van der Waals surface area contributed by atoms with E-state index in [4.69, 9.17) is 9.37 Å². The molecule has 0 bridgehead atoms. The Hall–Kier alpha value is -2.73. The number of benzene rings is 2. The second kappa shape index (κ2) is 7.25. The van der Waals surface area contributed by atoms with Crippen molar-refractivity contribution in [1.29, 1.82) is 0 Å². The molecule has 1 aromatic heterocycles.